The summed E-state index contributed by atoms with van der Waals surface area (Å²) < 4.78 is 5.38. The fourth-order valence-electron chi connectivity index (χ4n) is 1.22. The number of nitrogens with zero attached hydrogens (tertiary/aromatic N) is 1. The Bertz CT molecular complexity index is 320. The van der Waals surface area contributed by atoms with Crippen molar-refractivity contribution < 1.29 is 14.7 Å². The number of rotatable bonds is 6. The molecule has 0 spiro atoms. The number of nitrogen functional groups attached to an aromatic ring is 1. The van der Waals surface area contributed by atoms with E-state index < -0.39 is 6.10 Å². The molecule has 0 fully saturated rings. The summed E-state index contributed by atoms with van der Waals surface area (Å²) in [6, 6.07) is 7.09. The van der Waals surface area contributed by atoms with E-state index in [1.54, 1.807) is 38.4 Å². The quantitative estimate of drug-likeness (QED) is 0.546. The highest BCUT2D eigenvalue weighted by atomic mass is 16.7. The zero-order valence-electron chi connectivity index (χ0n) is 9.59. The molecule has 0 saturated carbocycles. The van der Waals surface area contributed by atoms with Gasteiger partial charge in [-0.25, -0.2) is 0 Å². The maximum atomic E-state index is 9.60. The molecule has 1 rings (SSSR count). The molecule has 0 radical (unpaired) electrons. The summed E-state index contributed by atoms with van der Waals surface area (Å²) in [6.45, 7) is 0.593. The zero-order chi connectivity index (χ0) is 12.0. The van der Waals surface area contributed by atoms with Crippen molar-refractivity contribution >= 4 is 5.69 Å². The highest BCUT2D eigenvalue weighted by Gasteiger charge is 2.08. The molecular weight excluding hydrogens is 208 g/mol. The Morgan fingerprint density at radius 1 is 1.50 bits per heavy atom. The zero-order valence-corrected chi connectivity index (χ0v) is 9.59. The second-order valence-electron chi connectivity index (χ2n) is 3.53. The van der Waals surface area contributed by atoms with Crippen molar-refractivity contribution in [2.45, 2.75) is 6.10 Å². The van der Waals surface area contributed by atoms with E-state index >= 15 is 0 Å². The number of aliphatic hydroxyl groups excluding tert-OH is 1. The number of aliphatic hydroxyl groups is 1. The predicted octanol–water partition coefficient (Wildman–Crippen LogP) is 0.502. The largest absolute Gasteiger partial charge is 0.491 e. The van der Waals surface area contributed by atoms with Crippen LogP contribution in [-0.4, -0.2) is 43.6 Å². The van der Waals surface area contributed by atoms with Crippen LogP contribution < -0.4 is 10.5 Å². The first-order chi connectivity index (χ1) is 7.61. The first-order valence-electron chi connectivity index (χ1n) is 5.03. The van der Waals surface area contributed by atoms with Crippen molar-refractivity contribution in [3.63, 3.8) is 0 Å². The van der Waals surface area contributed by atoms with E-state index in [9.17, 15) is 5.11 Å². The van der Waals surface area contributed by atoms with Gasteiger partial charge in [-0.3, -0.25) is 0 Å². The third-order valence-electron chi connectivity index (χ3n) is 2.08. The molecule has 90 valence electrons. The lowest BCUT2D eigenvalue weighted by atomic mass is 10.3. The molecule has 16 heavy (non-hydrogen) atoms. The lowest BCUT2D eigenvalue weighted by Crippen LogP contribution is -2.32. The van der Waals surface area contributed by atoms with E-state index in [-0.39, 0.29) is 6.61 Å². The Morgan fingerprint density at radius 2 is 2.25 bits per heavy atom. The molecule has 0 aromatic heterocycles. The van der Waals surface area contributed by atoms with Crippen molar-refractivity contribution in [2.24, 2.45) is 0 Å². The van der Waals surface area contributed by atoms with Gasteiger partial charge in [-0.1, -0.05) is 6.07 Å². The van der Waals surface area contributed by atoms with Crippen molar-refractivity contribution in [3.05, 3.63) is 24.3 Å². The average molecular weight is 226 g/mol. The summed E-state index contributed by atoms with van der Waals surface area (Å²) >= 11 is 0. The molecule has 0 amide bonds. The standard InChI is InChI=1S/C11H18N2O3/c1-13(15-2)7-10(14)8-16-11-5-3-4-9(12)6-11/h3-6,10,14H,7-8,12H2,1-2H3. The minimum atomic E-state index is -0.605. The summed E-state index contributed by atoms with van der Waals surface area (Å²) in [4.78, 5) is 4.89. The van der Waals surface area contributed by atoms with Crippen LogP contribution in [0.3, 0.4) is 0 Å². The van der Waals surface area contributed by atoms with Crippen LogP contribution in [0, 0.1) is 0 Å². The average Bonchev–Trinajstić information content (AvgIpc) is 2.26. The minimum Gasteiger partial charge on any atom is -0.491 e. The molecule has 5 heteroatoms. The lowest BCUT2D eigenvalue weighted by Gasteiger charge is -2.18. The third-order valence-corrected chi connectivity index (χ3v) is 2.08. The Hall–Kier alpha value is -1.30. The van der Waals surface area contributed by atoms with Gasteiger partial charge in [-0.2, -0.15) is 5.06 Å². The molecule has 0 bridgehead atoms. The molecule has 0 aliphatic rings. The summed E-state index contributed by atoms with van der Waals surface area (Å²) in [6.07, 6.45) is -0.605. The lowest BCUT2D eigenvalue weighted by molar-refractivity contribution is -0.130. The molecule has 0 aliphatic carbocycles. The van der Waals surface area contributed by atoms with E-state index in [4.69, 9.17) is 15.3 Å². The Balaban J connectivity index is 2.34. The van der Waals surface area contributed by atoms with Gasteiger partial charge >= 0.3 is 0 Å². The van der Waals surface area contributed by atoms with Gasteiger partial charge < -0.3 is 20.4 Å². The number of hydroxylamine groups is 2. The van der Waals surface area contributed by atoms with Gasteiger partial charge in [-0.15, -0.1) is 0 Å². The SMILES string of the molecule is CON(C)CC(O)COc1cccc(N)c1. The second-order valence-corrected chi connectivity index (χ2v) is 3.53. The first kappa shape index (κ1) is 12.8. The van der Waals surface area contributed by atoms with Crippen LogP contribution >= 0.6 is 0 Å². The number of anilines is 1. The molecule has 5 nitrogen and oxygen atoms in total. The highest BCUT2D eigenvalue weighted by Crippen LogP contribution is 2.14. The first-order valence-corrected chi connectivity index (χ1v) is 5.03. The van der Waals surface area contributed by atoms with Crippen LogP contribution in [0.4, 0.5) is 5.69 Å². The van der Waals surface area contributed by atoms with Crippen LogP contribution in [0.1, 0.15) is 0 Å². The van der Waals surface area contributed by atoms with Crippen LogP contribution in [0.2, 0.25) is 0 Å². The predicted molar refractivity (Wildman–Crippen MR) is 62.0 cm³/mol. The van der Waals surface area contributed by atoms with Gasteiger partial charge in [-0.05, 0) is 12.1 Å². The highest BCUT2D eigenvalue weighted by molar-refractivity contribution is 5.43. The van der Waals surface area contributed by atoms with Gasteiger partial charge in [0.1, 0.15) is 18.5 Å². The van der Waals surface area contributed by atoms with Gasteiger partial charge in [0.15, 0.2) is 0 Å². The molecule has 1 atom stereocenters. The van der Waals surface area contributed by atoms with E-state index in [0.717, 1.165) is 0 Å². The Kier molecular flexibility index (Phi) is 5.04. The summed E-state index contributed by atoms with van der Waals surface area (Å²) in [5.41, 5.74) is 6.24. The van der Waals surface area contributed by atoms with Crippen molar-refractivity contribution in [1.82, 2.24) is 5.06 Å². The summed E-state index contributed by atoms with van der Waals surface area (Å²) in [5.74, 6) is 0.652. The monoisotopic (exact) mass is 226 g/mol. The fraction of sp³-hybridized carbons (Fsp3) is 0.455. The van der Waals surface area contributed by atoms with Crippen LogP contribution in [0.5, 0.6) is 5.75 Å². The van der Waals surface area contributed by atoms with E-state index in [2.05, 4.69) is 0 Å². The second kappa shape index (κ2) is 6.32. The number of benzene rings is 1. The number of hydrogen-bond donors (Lipinski definition) is 2. The van der Waals surface area contributed by atoms with Gasteiger partial charge in [0.25, 0.3) is 0 Å². The van der Waals surface area contributed by atoms with Crippen molar-refractivity contribution in [1.29, 1.82) is 0 Å². The molecule has 1 unspecified atom stereocenters. The smallest absolute Gasteiger partial charge is 0.121 e. The van der Waals surface area contributed by atoms with E-state index in [1.165, 1.54) is 5.06 Å². The molecule has 0 aliphatic heterocycles. The number of ether oxygens (including phenoxy) is 1. The topological polar surface area (TPSA) is 68.0 Å². The molecular formula is C11H18N2O3. The summed E-state index contributed by atoms with van der Waals surface area (Å²) in [5, 5.41) is 11.1. The minimum absolute atomic E-state index is 0.206. The van der Waals surface area contributed by atoms with Crippen molar-refractivity contribution in [2.75, 3.05) is 33.0 Å². The number of nitrogens with two attached hydrogens (primary N) is 1. The molecule has 1 aromatic rings. The molecule has 0 heterocycles. The Morgan fingerprint density at radius 3 is 2.88 bits per heavy atom. The number of hydrogen-bond acceptors (Lipinski definition) is 5. The molecule has 3 N–H and O–H groups in total. The molecule has 1 aromatic carbocycles. The third kappa shape index (κ3) is 4.48. The summed E-state index contributed by atoms with van der Waals surface area (Å²) in [7, 11) is 3.29. The van der Waals surface area contributed by atoms with Crippen LogP contribution in [-0.2, 0) is 4.84 Å². The van der Waals surface area contributed by atoms with Gasteiger partial charge in [0.2, 0.25) is 0 Å². The fourth-order valence-corrected chi connectivity index (χ4v) is 1.22. The Labute approximate surface area is 95.3 Å². The van der Waals surface area contributed by atoms with E-state index in [0.29, 0.717) is 18.0 Å². The maximum absolute atomic E-state index is 9.60. The van der Waals surface area contributed by atoms with Gasteiger partial charge in [0.05, 0.1) is 13.7 Å². The number of likely N-dealkylation sites (N-methyl/N-ethyl adjacent to an activating group) is 1. The van der Waals surface area contributed by atoms with Crippen LogP contribution in [0.15, 0.2) is 24.3 Å². The van der Waals surface area contributed by atoms with Crippen LogP contribution in [0.25, 0.3) is 0 Å². The maximum Gasteiger partial charge on any atom is 0.121 e. The van der Waals surface area contributed by atoms with E-state index in [1.807, 2.05) is 0 Å². The normalized spacial score (nSPS) is 12.8. The molecule has 0 saturated heterocycles. The van der Waals surface area contributed by atoms with Gasteiger partial charge in [0, 0.05) is 18.8 Å². The van der Waals surface area contributed by atoms with Crippen molar-refractivity contribution in [3.8, 4) is 5.75 Å².